The molecule has 0 aliphatic heterocycles. The Kier molecular flexibility index (Phi) is 28.9. The van der Waals surface area contributed by atoms with E-state index in [1.165, 1.54) is 73.0 Å². The first-order valence-corrected chi connectivity index (χ1v) is 18.9. The predicted octanol–water partition coefficient (Wildman–Crippen LogP) is 4.54. The van der Waals surface area contributed by atoms with Crippen molar-refractivity contribution in [2.45, 2.75) is 134 Å². The van der Waals surface area contributed by atoms with Crippen LogP contribution in [0.15, 0.2) is 0 Å². The number of hydrogen-bond donors (Lipinski definition) is 6. The van der Waals surface area contributed by atoms with Gasteiger partial charge in [-0.05, 0) is 72.8 Å². The van der Waals surface area contributed by atoms with Crippen LogP contribution in [0.2, 0.25) is 0 Å². The number of aliphatic carboxylic acids is 1. The van der Waals surface area contributed by atoms with Crippen molar-refractivity contribution < 1.29 is 29.7 Å². The molecule has 0 aromatic rings. The number of aliphatic hydroxyl groups excluding tert-OH is 1. The van der Waals surface area contributed by atoms with Gasteiger partial charge < -0.3 is 36.2 Å². The number of amides is 2. The first kappa shape index (κ1) is 42.0. The zero-order valence-corrected chi connectivity index (χ0v) is 28.8. The molecule has 0 heterocycles. The average Bonchev–Trinajstić information content (AvgIpc) is 2.95. The van der Waals surface area contributed by atoms with Crippen LogP contribution in [0.4, 0.5) is 0 Å². The third-order valence-corrected chi connectivity index (χ3v) is 9.74. The Balaban J connectivity index is 3.97. The van der Waals surface area contributed by atoms with Crippen LogP contribution in [0.3, 0.4) is 0 Å². The van der Waals surface area contributed by atoms with E-state index < -0.39 is 24.3 Å². The highest BCUT2D eigenvalue weighted by atomic mass is 33.1. The molecule has 0 radical (unpaired) electrons. The Labute approximate surface area is 269 Å². The van der Waals surface area contributed by atoms with E-state index >= 15 is 0 Å². The lowest BCUT2D eigenvalue weighted by atomic mass is 10.1. The number of aliphatic hydroxyl groups is 2. The molecule has 254 valence electrons. The number of carbonyl (C=O) groups excluding carboxylic acids is 2. The number of nitrogens with zero attached hydrogens (tertiary/aromatic N) is 1. The lowest BCUT2D eigenvalue weighted by Crippen LogP contribution is -2.43. The van der Waals surface area contributed by atoms with Crippen molar-refractivity contribution in [3.8, 4) is 0 Å². The molecule has 0 aliphatic carbocycles. The minimum absolute atomic E-state index is 0.165. The molecule has 0 aliphatic rings. The van der Waals surface area contributed by atoms with Crippen molar-refractivity contribution in [1.82, 2.24) is 20.9 Å². The van der Waals surface area contributed by atoms with E-state index in [1.54, 1.807) is 0 Å². The summed E-state index contributed by atoms with van der Waals surface area (Å²) in [6.07, 6.45) is 15.2. The van der Waals surface area contributed by atoms with Crippen LogP contribution >= 0.6 is 21.6 Å². The summed E-state index contributed by atoms with van der Waals surface area (Å²) in [7, 11) is 9.11. The second-order valence-electron chi connectivity index (χ2n) is 11.6. The van der Waals surface area contributed by atoms with Crippen LogP contribution in [-0.4, -0.2) is 102 Å². The van der Waals surface area contributed by atoms with Gasteiger partial charge in [0.2, 0.25) is 11.8 Å². The molecule has 2 amide bonds. The van der Waals surface area contributed by atoms with Gasteiger partial charge >= 0.3 is 5.97 Å². The van der Waals surface area contributed by atoms with Crippen LogP contribution in [0.25, 0.3) is 0 Å². The number of carboxylic acids is 1. The van der Waals surface area contributed by atoms with Crippen molar-refractivity contribution in [3.05, 3.63) is 0 Å². The molecule has 10 nitrogen and oxygen atoms in total. The second-order valence-corrected chi connectivity index (χ2v) is 14.3. The monoisotopic (exact) mass is 650 g/mol. The van der Waals surface area contributed by atoms with E-state index in [-0.39, 0.29) is 11.8 Å². The zero-order chi connectivity index (χ0) is 32.1. The highest BCUT2D eigenvalue weighted by molar-refractivity contribution is 8.76. The zero-order valence-electron chi connectivity index (χ0n) is 27.1. The number of rotatable bonds is 31. The molecule has 0 saturated carbocycles. The molecule has 0 rings (SSSR count). The minimum atomic E-state index is -1.63. The predicted molar refractivity (Wildman–Crippen MR) is 180 cm³/mol. The largest absolute Gasteiger partial charge is 0.480 e. The van der Waals surface area contributed by atoms with E-state index in [1.807, 2.05) is 7.05 Å². The van der Waals surface area contributed by atoms with Crippen molar-refractivity contribution >= 4 is 39.4 Å². The fraction of sp³-hybridized carbons (Fsp3) is 0.903. The molecule has 2 atom stereocenters. The third kappa shape index (κ3) is 28.2. The lowest BCUT2D eigenvalue weighted by Gasteiger charge is -2.20. The maximum atomic E-state index is 12.3. The van der Waals surface area contributed by atoms with Crippen LogP contribution in [-0.2, 0) is 14.4 Å². The Morgan fingerprint density at radius 3 is 1.63 bits per heavy atom. The Morgan fingerprint density at radius 1 is 0.674 bits per heavy atom. The summed E-state index contributed by atoms with van der Waals surface area (Å²) in [4.78, 5) is 38.3. The maximum absolute atomic E-state index is 12.3. The molecule has 0 saturated heterocycles. The van der Waals surface area contributed by atoms with Crippen molar-refractivity contribution in [3.63, 3.8) is 0 Å². The second kappa shape index (κ2) is 29.6. The highest BCUT2D eigenvalue weighted by Crippen LogP contribution is 2.24. The Morgan fingerprint density at radius 2 is 1.14 bits per heavy atom. The summed E-state index contributed by atoms with van der Waals surface area (Å²) in [6, 6.07) is -1.65. The molecule has 0 bridgehead atoms. The first-order chi connectivity index (χ1) is 20.7. The van der Waals surface area contributed by atoms with Gasteiger partial charge in [0.15, 0.2) is 6.29 Å². The maximum Gasteiger partial charge on any atom is 0.326 e. The lowest BCUT2D eigenvalue weighted by molar-refractivity contribution is -0.141. The van der Waals surface area contributed by atoms with Crippen molar-refractivity contribution in [2.24, 2.45) is 0 Å². The van der Waals surface area contributed by atoms with Gasteiger partial charge in [0, 0.05) is 24.3 Å². The van der Waals surface area contributed by atoms with E-state index in [2.05, 4.69) is 34.9 Å². The van der Waals surface area contributed by atoms with Gasteiger partial charge in [-0.25, -0.2) is 4.79 Å². The molecule has 43 heavy (non-hydrogen) atoms. The van der Waals surface area contributed by atoms with Gasteiger partial charge in [0.05, 0.1) is 6.04 Å². The molecule has 0 fully saturated rings. The molecule has 6 N–H and O–H groups in total. The summed E-state index contributed by atoms with van der Waals surface area (Å²) in [5.41, 5.74) is 0. The summed E-state index contributed by atoms with van der Waals surface area (Å²) >= 11 is 0. The highest BCUT2D eigenvalue weighted by Gasteiger charge is 2.21. The summed E-state index contributed by atoms with van der Waals surface area (Å²) in [5, 5.41) is 37.4. The van der Waals surface area contributed by atoms with Gasteiger partial charge in [0.1, 0.15) is 6.04 Å². The van der Waals surface area contributed by atoms with E-state index in [0.717, 1.165) is 51.6 Å². The van der Waals surface area contributed by atoms with Crippen LogP contribution in [0, 0.1) is 0 Å². The van der Waals surface area contributed by atoms with Crippen LogP contribution in [0.5, 0.6) is 0 Å². The molecule has 12 heteroatoms. The van der Waals surface area contributed by atoms with Crippen molar-refractivity contribution in [2.75, 3.05) is 45.7 Å². The van der Waals surface area contributed by atoms with Gasteiger partial charge in [-0.3, -0.25) is 9.59 Å². The SMILES string of the molecule is CNCCCCCCCCCC(=O)NC(CCSSCCC(NC(=O)CCCCCCCCCN(C)C)C(O)O)C(=O)O. The van der Waals surface area contributed by atoms with Crippen LogP contribution in [0.1, 0.15) is 116 Å². The number of nitrogens with one attached hydrogen (secondary N) is 3. The molecular formula is C31H62N4O6S2. The van der Waals surface area contributed by atoms with Gasteiger partial charge in [-0.1, -0.05) is 85.8 Å². The Hall–Kier alpha value is -1.05. The topological polar surface area (TPSA) is 151 Å². The summed E-state index contributed by atoms with van der Waals surface area (Å²) in [5.74, 6) is -0.316. The number of unbranched alkanes of at least 4 members (excludes halogenated alkanes) is 12. The molecule has 2 unspecified atom stereocenters. The summed E-state index contributed by atoms with van der Waals surface area (Å²) in [6.45, 7) is 2.17. The van der Waals surface area contributed by atoms with E-state index in [4.69, 9.17) is 0 Å². The molecular weight excluding hydrogens is 588 g/mol. The minimum Gasteiger partial charge on any atom is -0.480 e. The first-order valence-electron chi connectivity index (χ1n) is 16.4. The quantitative estimate of drug-likeness (QED) is 0.0359. The van der Waals surface area contributed by atoms with E-state index in [9.17, 15) is 29.7 Å². The smallest absolute Gasteiger partial charge is 0.326 e. The van der Waals surface area contributed by atoms with Crippen LogP contribution < -0.4 is 16.0 Å². The van der Waals surface area contributed by atoms with Gasteiger partial charge in [-0.15, -0.1) is 0 Å². The molecule has 0 aromatic carbocycles. The fourth-order valence-electron chi connectivity index (χ4n) is 4.63. The van der Waals surface area contributed by atoms with E-state index in [0.29, 0.717) is 37.2 Å². The number of hydrogen-bond acceptors (Lipinski definition) is 9. The van der Waals surface area contributed by atoms with Gasteiger partial charge in [0.25, 0.3) is 0 Å². The Bertz CT molecular complexity index is 703. The van der Waals surface area contributed by atoms with Gasteiger partial charge in [-0.2, -0.15) is 0 Å². The number of carboxylic acid groups (broad SMARTS) is 1. The normalized spacial score (nSPS) is 12.9. The average molecular weight is 651 g/mol. The fourth-order valence-corrected chi connectivity index (χ4v) is 6.83. The summed E-state index contributed by atoms with van der Waals surface area (Å²) < 4.78 is 0. The third-order valence-electron chi connectivity index (χ3n) is 7.26. The number of carbonyl (C=O) groups is 3. The van der Waals surface area contributed by atoms with Crippen molar-refractivity contribution in [1.29, 1.82) is 0 Å². The molecule has 0 spiro atoms. The molecule has 0 aromatic heterocycles. The standard InChI is InChI=1S/C31H62N4O6S2/c1-32-22-16-12-8-4-6-10-14-18-28(36)33-26(30(38)39)20-24-42-43-25-21-27(31(40)41)34-29(37)19-15-11-7-5-9-13-17-23-35(2)3/h26-27,31-32,40-41H,4-25H2,1-3H3,(H,33,36)(H,34,37)(H,38,39).